The maximum absolute atomic E-state index is 14.5. The van der Waals surface area contributed by atoms with Gasteiger partial charge < -0.3 is 14.6 Å². The first kappa shape index (κ1) is 26.8. The highest BCUT2D eigenvalue weighted by Crippen LogP contribution is 2.33. The van der Waals surface area contributed by atoms with Gasteiger partial charge in [-0.2, -0.15) is 5.10 Å². The Morgan fingerprint density at radius 3 is 2.37 bits per heavy atom. The second kappa shape index (κ2) is 12.2. The summed E-state index contributed by atoms with van der Waals surface area (Å²) in [5.74, 6) is -0.874. The summed E-state index contributed by atoms with van der Waals surface area (Å²) >= 11 is 0. The lowest BCUT2D eigenvalue weighted by atomic mass is 10.1. The molecule has 0 saturated carbocycles. The van der Waals surface area contributed by atoms with Crippen molar-refractivity contribution in [3.05, 3.63) is 71.4 Å². The number of aryl methyl sites for hydroxylation is 1. The van der Waals surface area contributed by atoms with Crippen LogP contribution in [0.3, 0.4) is 0 Å². The van der Waals surface area contributed by atoms with Gasteiger partial charge in [-0.25, -0.2) is 13.5 Å². The Kier molecular flexibility index (Phi) is 9.37. The second-order valence-corrected chi connectivity index (χ2v) is 9.42. The Balaban J connectivity index is 1.97. The molecule has 0 aliphatic carbocycles. The zero-order valence-corrected chi connectivity index (χ0v) is 21.0. The van der Waals surface area contributed by atoms with E-state index >= 15 is 0 Å². The average molecular weight is 488 g/mol. The zero-order chi connectivity index (χ0) is 25.5. The van der Waals surface area contributed by atoms with Crippen molar-refractivity contribution in [3.8, 4) is 17.3 Å². The van der Waals surface area contributed by atoms with Gasteiger partial charge in [-0.3, -0.25) is 4.90 Å². The van der Waals surface area contributed by atoms with Crippen molar-refractivity contribution in [2.24, 2.45) is 5.92 Å². The molecule has 0 spiro atoms. The number of hydrogen-bond acceptors (Lipinski definition) is 5. The van der Waals surface area contributed by atoms with Gasteiger partial charge in [0.1, 0.15) is 5.82 Å². The standard InChI is InChI=1S/C27H35F2N3O3/c1-18(2)14-31(15-23(33)17-34-19(3)4)16-24-20(5)30-32(22-9-7-6-8-10-22)27(24)35-26-12-11-21(28)13-25(26)29/h6-13,18-19,23,33H,14-17H2,1-5H3/t23-/m0/s1. The summed E-state index contributed by atoms with van der Waals surface area (Å²) in [5, 5.41) is 15.3. The minimum Gasteiger partial charge on any atom is -0.435 e. The van der Waals surface area contributed by atoms with Crippen molar-refractivity contribution in [2.75, 3.05) is 19.7 Å². The van der Waals surface area contributed by atoms with E-state index in [1.54, 1.807) is 4.68 Å². The molecule has 1 atom stereocenters. The van der Waals surface area contributed by atoms with Crippen LogP contribution in [0.4, 0.5) is 8.78 Å². The summed E-state index contributed by atoms with van der Waals surface area (Å²) in [5.41, 5.74) is 2.23. The summed E-state index contributed by atoms with van der Waals surface area (Å²) in [6, 6.07) is 12.6. The van der Waals surface area contributed by atoms with Gasteiger partial charge in [0.2, 0.25) is 5.88 Å². The van der Waals surface area contributed by atoms with Gasteiger partial charge in [0.05, 0.1) is 35.8 Å². The number of para-hydroxylation sites is 1. The number of aliphatic hydroxyl groups excluding tert-OH is 1. The predicted molar refractivity (Wildman–Crippen MR) is 132 cm³/mol. The summed E-state index contributed by atoms with van der Waals surface area (Å²) in [6.45, 7) is 11.7. The van der Waals surface area contributed by atoms with Crippen LogP contribution in [0.5, 0.6) is 11.6 Å². The second-order valence-electron chi connectivity index (χ2n) is 9.42. The van der Waals surface area contributed by atoms with E-state index in [2.05, 4.69) is 23.8 Å². The lowest BCUT2D eigenvalue weighted by molar-refractivity contribution is -0.0109. The van der Waals surface area contributed by atoms with Crippen LogP contribution in [0.2, 0.25) is 0 Å². The maximum Gasteiger partial charge on any atom is 0.227 e. The van der Waals surface area contributed by atoms with Crippen molar-refractivity contribution < 1.29 is 23.4 Å². The lowest BCUT2D eigenvalue weighted by Crippen LogP contribution is -2.37. The van der Waals surface area contributed by atoms with Crippen molar-refractivity contribution in [1.29, 1.82) is 0 Å². The molecular weight excluding hydrogens is 452 g/mol. The molecule has 35 heavy (non-hydrogen) atoms. The van der Waals surface area contributed by atoms with Crippen LogP contribution in [-0.4, -0.2) is 51.7 Å². The molecule has 0 radical (unpaired) electrons. The van der Waals surface area contributed by atoms with Gasteiger partial charge in [-0.15, -0.1) is 0 Å². The van der Waals surface area contributed by atoms with Gasteiger partial charge in [-0.1, -0.05) is 32.0 Å². The van der Waals surface area contributed by atoms with Crippen LogP contribution in [0.25, 0.3) is 5.69 Å². The molecule has 3 aromatic rings. The summed E-state index contributed by atoms with van der Waals surface area (Å²) in [7, 11) is 0. The van der Waals surface area contributed by atoms with Crippen molar-refractivity contribution >= 4 is 0 Å². The third kappa shape index (κ3) is 7.59. The minimum atomic E-state index is -0.797. The average Bonchev–Trinajstić information content (AvgIpc) is 3.09. The van der Waals surface area contributed by atoms with E-state index in [9.17, 15) is 13.9 Å². The molecule has 2 aromatic carbocycles. The molecule has 0 unspecified atom stereocenters. The van der Waals surface area contributed by atoms with Crippen LogP contribution in [0, 0.1) is 24.5 Å². The van der Waals surface area contributed by atoms with E-state index in [0.29, 0.717) is 30.6 Å². The molecule has 0 fully saturated rings. The fourth-order valence-corrected chi connectivity index (χ4v) is 3.83. The highest BCUT2D eigenvalue weighted by atomic mass is 19.1. The molecule has 1 aromatic heterocycles. The molecule has 8 heteroatoms. The van der Waals surface area contributed by atoms with Gasteiger partial charge in [0, 0.05) is 25.7 Å². The van der Waals surface area contributed by atoms with Gasteiger partial charge in [0.25, 0.3) is 0 Å². The normalized spacial score (nSPS) is 12.7. The first-order valence-corrected chi connectivity index (χ1v) is 11.9. The number of hydrogen-bond donors (Lipinski definition) is 1. The van der Waals surface area contributed by atoms with Crippen LogP contribution in [0.15, 0.2) is 48.5 Å². The fourth-order valence-electron chi connectivity index (χ4n) is 3.83. The Bertz CT molecular complexity index is 1090. The molecule has 0 bridgehead atoms. The molecule has 1 heterocycles. The molecule has 3 rings (SSSR count). The SMILES string of the molecule is Cc1nn(-c2ccccc2)c(Oc2ccc(F)cc2F)c1CN(CC(C)C)C[C@H](O)COC(C)C. The van der Waals surface area contributed by atoms with Gasteiger partial charge >= 0.3 is 0 Å². The quantitative estimate of drug-likeness (QED) is 0.366. The van der Waals surface area contributed by atoms with E-state index in [4.69, 9.17) is 9.47 Å². The summed E-state index contributed by atoms with van der Waals surface area (Å²) in [6.07, 6.45) is -0.639. The number of aromatic nitrogens is 2. The number of rotatable bonds is 12. The third-order valence-corrected chi connectivity index (χ3v) is 5.33. The van der Waals surface area contributed by atoms with E-state index < -0.39 is 17.7 Å². The van der Waals surface area contributed by atoms with Crippen molar-refractivity contribution in [2.45, 2.75) is 53.4 Å². The molecule has 190 valence electrons. The first-order chi connectivity index (χ1) is 16.6. The maximum atomic E-state index is 14.5. The summed E-state index contributed by atoms with van der Waals surface area (Å²) < 4.78 is 41.2. The smallest absolute Gasteiger partial charge is 0.227 e. The third-order valence-electron chi connectivity index (χ3n) is 5.33. The number of benzene rings is 2. The minimum absolute atomic E-state index is 0.0279. The molecular formula is C27H35F2N3O3. The Morgan fingerprint density at radius 2 is 1.74 bits per heavy atom. The number of halogens is 2. The van der Waals surface area contributed by atoms with Crippen molar-refractivity contribution in [1.82, 2.24) is 14.7 Å². The number of aliphatic hydroxyl groups is 1. The topological polar surface area (TPSA) is 59.8 Å². The van der Waals surface area contributed by atoms with Gasteiger partial charge in [-0.05, 0) is 51.0 Å². The van der Waals surface area contributed by atoms with Crippen molar-refractivity contribution in [3.63, 3.8) is 0 Å². The first-order valence-electron chi connectivity index (χ1n) is 11.9. The molecule has 0 amide bonds. The lowest BCUT2D eigenvalue weighted by Gasteiger charge is -2.27. The highest BCUT2D eigenvalue weighted by Gasteiger charge is 2.24. The van der Waals surface area contributed by atoms with Crippen LogP contribution in [-0.2, 0) is 11.3 Å². The fraction of sp³-hybridized carbons (Fsp3) is 0.444. The van der Waals surface area contributed by atoms with E-state index in [-0.39, 0.29) is 18.5 Å². The number of nitrogens with zero attached hydrogens (tertiary/aromatic N) is 3. The summed E-state index contributed by atoms with van der Waals surface area (Å²) in [4.78, 5) is 2.12. The number of ether oxygens (including phenoxy) is 2. The molecule has 0 aliphatic rings. The van der Waals surface area contributed by atoms with Crippen LogP contribution < -0.4 is 4.74 Å². The Hall–Kier alpha value is -2.81. The van der Waals surface area contributed by atoms with E-state index in [1.807, 2.05) is 51.1 Å². The van der Waals surface area contributed by atoms with E-state index in [1.165, 1.54) is 6.07 Å². The monoisotopic (exact) mass is 487 g/mol. The van der Waals surface area contributed by atoms with Crippen LogP contribution >= 0.6 is 0 Å². The Labute approximate surface area is 206 Å². The molecule has 1 N–H and O–H groups in total. The molecule has 6 nitrogen and oxygen atoms in total. The highest BCUT2D eigenvalue weighted by molar-refractivity contribution is 5.43. The molecule has 0 aliphatic heterocycles. The largest absolute Gasteiger partial charge is 0.435 e. The zero-order valence-electron chi connectivity index (χ0n) is 21.0. The molecule has 0 saturated heterocycles. The van der Waals surface area contributed by atoms with Crippen LogP contribution in [0.1, 0.15) is 39.0 Å². The Morgan fingerprint density at radius 1 is 1.03 bits per heavy atom. The van der Waals surface area contributed by atoms with E-state index in [0.717, 1.165) is 29.9 Å². The van der Waals surface area contributed by atoms with Gasteiger partial charge in [0.15, 0.2) is 11.6 Å². The predicted octanol–water partition coefficient (Wildman–Crippen LogP) is 5.50.